The molecule has 2 aromatic carbocycles. The fraction of sp³-hybridized carbons (Fsp3) is 0. The van der Waals surface area contributed by atoms with E-state index in [1.54, 1.807) is 42.5 Å². The van der Waals surface area contributed by atoms with Crippen LogP contribution in [0.1, 0.15) is 11.3 Å². The van der Waals surface area contributed by atoms with Gasteiger partial charge in [-0.15, -0.1) is 0 Å². The molecule has 26 heavy (non-hydrogen) atoms. The molecule has 0 fully saturated rings. The van der Waals surface area contributed by atoms with Gasteiger partial charge in [-0.05, 0) is 48.5 Å². The number of carbonyl (C=O) groups excluding carboxylic acids is 1. The van der Waals surface area contributed by atoms with E-state index < -0.39 is 5.97 Å². The van der Waals surface area contributed by atoms with Crippen LogP contribution in [0.15, 0.2) is 75.8 Å². The van der Waals surface area contributed by atoms with E-state index in [2.05, 4.69) is 4.99 Å². The molecule has 1 aliphatic heterocycles. The number of carbonyl (C=O) groups is 1. The summed E-state index contributed by atoms with van der Waals surface area (Å²) < 4.78 is 11.0. The number of nitrogens with zero attached hydrogens (tertiary/aromatic N) is 1. The zero-order valence-electron chi connectivity index (χ0n) is 13.3. The minimum atomic E-state index is -0.536. The number of aliphatic imine (C=N–C) groups is 1. The van der Waals surface area contributed by atoms with Gasteiger partial charge in [-0.2, -0.15) is 0 Å². The first-order valence-corrected chi connectivity index (χ1v) is 8.49. The summed E-state index contributed by atoms with van der Waals surface area (Å²) in [5.74, 6) is 0.783. The van der Waals surface area contributed by atoms with Crippen LogP contribution in [0.2, 0.25) is 10.0 Å². The molecule has 0 amide bonds. The highest BCUT2D eigenvalue weighted by Crippen LogP contribution is 2.30. The van der Waals surface area contributed by atoms with E-state index >= 15 is 0 Å². The van der Waals surface area contributed by atoms with E-state index in [1.807, 2.05) is 18.2 Å². The summed E-state index contributed by atoms with van der Waals surface area (Å²) in [7, 11) is 0. The SMILES string of the molecule is O=C1OC(c2ccc(Cl)cc2)=N/C1=C/c1ccc(-c2ccccc2Cl)o1. The van der Waals surface area contributed by atoms with Crippen LogP contribution < -0.4 is 0 Å². The molecule has 4 rings (SSSR count). The lowest BCUT2D eigenvalue weighted by Gasteiger charge is -1.99. The van der Waals surface area contributed by atoms with Gasteiger partial charge in [0.25, 0.3) is 0 Å². The highest BCUT2D eigenvalue weighted by Gasteiger charge is 2.24. The van der Waals surface area contributed by atoms with Crippen molar-refractivity contribution in [2.45, 2.75) is 0 Å². The highest BCUT2D eigenvalue weighted by molar-refractivity contribution is 6.33. The quantitative estimate of drug-likeness (QED) is 0.436. The van der Waals surface area contributed by atoms with Gasteiger partial charge in [-0.3, -0.25) is 0 Å². The van der Waals surface area contributed by atoms with Gasteiger partial charge in [0.05, 0.1) is 5.02 Å². The minimum Gasteiger partial charge on any atom is -0.457 e. The number of esters is 1. The number of furan rings is 1. The lowest BCUT2D eigenvalue weighted by molar-refractivity contribution is -0.129. The predicted octanol–water partition coefficient (Wildman–Crippen LogP) is 5.60. The highest BCUT2D eigenvalue weighted by atomic mass is 35.5. The molecule has 4 nitrogen and oxygen atoms in total. The van der Waals surface area contributed by atoms with Gasteiger partial charge in [-0.25, -0.2) is 9.79 Å². The zero-order valence-corrected chi connectivity index (χ0v) is 14.8. The Balaban J connectivity index is 1.63. The van der Waals surface area contributed by atoms with Crippen molar-refractivity contribution in [3.8, 4) is 11.3 Å². The van der Waals surface area contributed by atoms with Gasteiger partial charge >= 0.3 is 5.97 Å². The second-order valence-electron chi connectivity index (χ2n) is 5.52. The second-order valence-corrected chi connectivity index (χ2v) is 6.37. The van der Waals surface area contributed by atoms with Crippen molar-refractivity contribution >= 4 is 41.1 Å². The number of hydrogen-bond donors (Lipinski definition) is 0. The molecule has 3 aromatic rings. The molecule has 0 radical (unpaired) electrons. The molecular weight excluding hydrogens is 373 g/mol. The Kier molecular flexibility index (Phi) is 4.37. The Morgan fingerprint density at radius 1 is 0.923 bits per heavy atom. The maximum atomic E-state index is 12.1. The number of cyclic esters (lactones) is 1. The summed E-state index contributed by atoms with van der Waals surface area (Å²) in [4.78, 5) is 16.3. The first-order chi connectivity index (χ1) is 12.6. The van der Waals surface area contributed by atoms with Crippen LogP contribution in [0.5, 0.6) is 0 Å². The first-order valence-electron chi connectivity index (χ1n) is 7.73. The third-order valence-corrected chi connectivity index (χ3v) is 4.34. The van der Waals surface area contributed by atoms with E-state index in [4.69, 9.17) is 32.4 Å². The van der Waals surface area contributed by atoms with Gasteiger partial charge < -0.3 is 9.15 Å². The fourth-order valence-corrected chi connectivity index (χ4v) is 2.85. The lowest BCUT2D eigenvalue weighted by atomic mass is 10.2. The van der Waals surface area contributed by atoms with Crippen LogP contribution in [0.4, 0.5) is 0 Å². The van der Waals surface area contributed by atoms with Crippen molar-refractivity contribution in [2.75, 3.05) is 0 Å². The summed E-state index contributed by atoms with van der Waals surface area (Å²) in [5, 5.41) is 1.18. The van der Waals surface area contributed by atoms with Crippen LogP contribution >= 0.6 is 23.2 Å². The minimum absolute atomic E-state index is 0.162. The molecule has 0 aliphatic carbocycles. The van der Waals surface area contributed by atoms with Gasteiger partial charge in [0.1, 0.15) is 11.5 Å². The molecule has 0 saturated heterocycles. The molecule has 0 unspecified atom stereocenters. The topological polar surface area (TPSA) is 51.8 Å². The largest absolute Gasteiger partial charge is 0.457 e. The zero-order chi connectivity index (χ0) is 18.1. The lowest BCUT2D eigenvalue weighted by Crippen LogP contribution is -2.05. The molecule has 0 spiro atoms. The second kappa shape index (κ2) is 6.83. The Morgan fingerprint density at radius 2 is 1.69 bits per heavy atom. The maximum Gasteiger partial charge on any atom is 0.363 e. The fourth-order valence-electron chi connectivity index (χ4n) is 2.50. The third kappa shape index (κ3) is 3.29. The first kappa shape index (κ1) is 16.6. The molecule has 6 heteroatoms. The summed E-state index contributed by atoms with van der Waals surface area (Å²) >= 11 is 12.0. The van der Waals surface area contributed by atoms with Crippen molar-refractivity contribution in [1.82, 2.24) is 0 Å². The molecule has 0 atom stereocenters. The summed E-state index contributed by atoms with van der Waals surface area (Å²) in [6, 6.07) is 17.8. The molecule has 0 bridgehead atoms. The van der Waals surface area contributed by atoms with E-state index in [9.17, 15) is 4.79 Å². The van der Waals surface area contributed by atoms with Crippen molar-refractivity contribution in [3.05, 3.63) is 87.7 Å². The molecule has 1 aromatic heterocycles. The number of halogens is 2. The Hall–Kier alpha value is -2.82. The van der Waals surface area contributed by atoms with Crippen LogP contribution in [-0.2, 0) is 9.53 Å². The van der Waals surface area contributed by atoms with Crippen LogP contribution in [-0.4, -0.2) is 11.9 Å². The standard InChI is InChI=1S/C20H11Cl2NO3/c21-13-7-5-12(6-8-13)19-23-17(20(24)26-19)11-14-9-10-18(25-14)15-3-1-2-4-16(15)22/h1-11H/b17-11+. The molecule has 0 N–H and O–H groups in total. The number of hydrogen-bond acceptors (Lipinski definition) is 4. The van der Waals surface area contributed by atoms with Crippen LogP contribution in [0.25, 0.3) is 17.4 Å². The van der Waals surface area contributed by atoms with Crippen LogP contribution in [0, 0.1) is 0 Å². The summed E-state index contributed by atoms with van der Waals surface area (Å²) in [6.45, 7) is 0. The van der Waals surface area contributed by atoms with E-state index in [1.165, 1.54) is 6.08 Å². The van der Waals surface area contributed by atoms with Crippen molar-refractivity contribution in [3.63, 3.8) is 0 Å². The Bertz CT molecular complexity index is 1050. The van der Waals surface area contributed by atoms with E-state index in [0.717, 1.165) is 5.56 Å². The summed E-state index contributed by atoms with van der Waals surface area (Å²) in [6.07, 6.45) is 1.53. The average Bonchev–Trinajstić information content (AvgIpc) is 3.24. The predicted molar refractivity (Wildman–Crippen MR) is 101 cm³/mol. The summed E-state index contributed by atoms with van der Waals surface area (Å²) in [5.41, 5.74) is 1.61. The van der Waals surface area contributed by atoms with Crippen LogP contribution in [0.3, 0.4) is 0 Å². The third-order valence-electron chi connectivity index (χ3n) is 3.76. The number of ether oxygens (including phenoxy) is 1. The molecular formula is C20H11Cl2NO3. The Labute approximate surface area is 159 Å². The average molecular weight is 384 g/mol. The van der Waals surface area contributed by atoms with Gasteiger partial charge in [0, 0.05) is 22.2 Å². The number of rotatable bonds is 3. The van der Waals surface area contributed by atoms with Gasteiger partial charge in [-0.1, -0.05) is 35.3 Å². The van der Waals surface area contributed by atoms with Gasteiger partial charge in [0.15, 0.2) is 5.70 Å². The van der Waals surface area contributed by atoms with Crippen molar-refractivity contribution in [1.29, 1.82) is 0 Å². The molecule has 1 aliphatic rings. The normalized spacial score (nSPS) is 15.2. The number of benzene rings is 2. The molecule has 0 saturated carbocycles. The van der Waals surface area contributed by atoms with Crippen molar-refractivity contribution in [2.24, 2.45) is 4.99 Å². The monoisotopic (exact) mass is 383 g/mol. The molecule has 128 valence electrons. The van der Waals surface area contributed by atoms with E-state index in [-0.39, 0.29) is 11.6 Å². The smallest absolute Gasteiger partial charge is 0.363 e. The maximum absolute atomic E-state index is 12.1. The molecule has 2 heterocycles. The van der Waals surface area contributed by atoms with E-state index in [0.29, 0.717) is 27.1 Å². The Morgan fingerprint density at radius 3 is 2.46 bits per heavy atom. The van der Waals surface area contributed by atoms with Crippen molar-refractivity contribution < 1.29 is 13.9 Å². The van der Waals surface area contributed by atoms with Gasteiger partial charge in [0.2, 0.25) is 5.90 Å².